The second-order valence-electron chi connectivity index (χ2n) is 3.49. The van der Waals surface area contributed by atoms with Gasteiger partial charge in [-0.05, 0) is 24.4 Å². The highest BCUT2D eigenvalue weighted by molar-refractivity contribution is 7.89. The van der Waals surface area contributed by atoms with Gasteiger partial charge in [0.2, 0.25) is 11.1 Å². The van der Waals surface area contributed by atoms with Crippen molar-refractivity contribution in [3.63, 3.8) is 0 Å². The fourth-order valence-electron chi connectivity index (χ4n) is 1.39. The summed E-state index contributed by atoms with van der Waals surface area (Å²) in [5, 5.41) is 10.5. The Morgan fingerprint density at radius 2 is 2.06 bits per heavy atom. The summed E-state index contributed by atoms with van der Waals surface area (Å²) in [7, 11) is -3.87. The summed E-state index contributed by atoms with van der Waals surface area (Å²) in [4.78, 5) is 3.05. The molecule has 92 valence electrons. The molecule has 0 atom stereocenters. The molecule has 0 radical (unpaired) electrons. The lowest BCUT2D eigenvalue weighted by molar-refractivity contribution is 0.489. The number of benzene rings is 1. The van der Waals surface area contributed by atoms with Gasteiger partial charge in [-0.25, -0.2) is 0 Å². The van der Waals surface area contributed by atoms with Gasteiger partial charge in [-0.1, -0.05) is 18.2 Å². The van der Waals surface area contributed by atoms with Crippen molar-refractivity contribution in [2.75, 3.05) is 0 Å². The van der Waals surface area contributed by atoms with Crippen molar-refractivity contribution in [2.24, 2.45) is 0 Å². The maximum atomic E-state index is 11.9. The van der Waals surface area contributed by atoms with Gasteiger partial charge in [-0.15, -0.1) is 11.3 Å². The maximum Gasteiger partial charge on any atom is 0.430 e. The lowest BCUT2D eigenvalue weighted by Crippen LogP contribution is -2.08. The van der Waals surface area contributed by atoms with Crippen molar-refractivity contribution < 1.29 is 12.6 Å². The smallest absolute Gasteiger partial charge is 0.370 e. The first-order valence-corrected chi connectivity index (χ1v) is 7.26. The molecule has 0 N–H and O–H groups in total. The van der Waals surface area contributed by atoms with Crippen LogP contribution in [-0.2, 0) is 10.1 Å². The molecule has 0 saturated carbocycles. The number of thiophene rings is 1. The molecule has 0 fully saturated rings. The van der Waals surface area contributed by atoms with Gasteiger partial charge in [0.15, 0.2) is 9.19 Å². The highest BCUT2D eigenvalue weighted by atomic mass is 32.3. The van der Waals surface area contributed by atoms with Crippen molar-refractivity contribution in [2.45, 2.75) is 11.1 Å². The highest BCUT2D eigenvalue weighted by Gasteiger charge is 2.25. The van der Waals surface area contributed by atoms with Gasteiger partial charge in [0, 0.05) is 5.56 Å². The van der Waals surface area contributed by atoms with Gasteiger partial charge in [0.1, 0.15) is 0 Å². The summed E-state index contributed by atoms with van der Waals surface area (Å²) in [6, 6.07) is 7.83. The summed E-state index contributed by atoms with van der Waals surface area (Å²) in [5.74, 6) is 0.00546. The Bertz CT molecular complexity index is 700. The highest BCUT2D eigenvalue weighted by Crippen LogP contribution is 2.33. The molecule has 2 rings (SSSR count). The molecule has 0 aliphatic rings. The molecule has 2 aromatic rings. The van der Waals surface area contributed by atoms with Gasteiger partial charge in [-0.2, -0.15) is 8.42 Å². The number of rotatable bonds is 3. The molecule has 0 bridgehead atoms. The monoisotopic (exact) mass is 281 g/mol. The van der Waals surface area contributed by atoms with Crippen LogP contribution in [0.1, 0.15) is 5.56 Å². The van der Waals surface area contributed by atoms with Crippen molar-refractivity contribution in [3.8, 4) is 5.75 Å². The Hall–Kier alpha value is -1.91. The van der Waals surface area contributed by atoms with Crippen LogP contribution in [0.4, 0.5) is 5.69 Å². The number of aryl methyl sites for hydroxylation is 1. The minimum atomic E-state index is -3.87. The Morgan fingerprint density at radius 3 is 2.67 bits per heavy atom. The Balaban J connectivity index is 2.43. The first kappa shape index (κ1) is 12.5. The molecule has 0 spiro atoms. The van der Waals surface area contributed by atoms with Gasteiger partial charge >= 0.3 is 15.8 Å². The second kappa shape index (κ2) is 4.76. The molecule has 1 heterocycles. The van der Waals surface area contributed by atoms with Crippen LogP contribution in [-0.4, -0.2) is 8.42 Å². The van der Waals surface area contributed by atoms with Gasteiger partial charge in [-0.3, -0.25) is 0 Å². The van der Waals surface area contributed by atoms with Crippen LogP contribution in [0.3, 0.4) is 0 Å². The third kappa shape index (κ3) is 2.34. The van der Waals surface area contributed by atoms with Crippen molar-refractivity contribution in [1.82, 2.24) is 0 Å². The zero-order valence-electron chi connectivity index (χ0n) is 9.40. The predicted octanol–water partition coefficient (Wildman–Crippen LogP) is 3.31. The maximum absolute atomic E-state index is 11.9. The summed E-state index contributed by atoms with van der Waals surface area (Å²) in [5.41, 5.74) is 0.731. The van der Waals surface area contributed by atoms with E-state index in [1.165, 1.54) is 12.1 Å². The predicted molar refractivity (Wildman–Crippen MR) is 68.1 cm³/mol. The third-order valence-corrected chi connectivity index (χ3v) is 4.83. The number of diazo groups is 1. The summed E-state index contributed by atoms with van der Waals surface area (Å²) >= 11 is 1.06. The van der Waals surface area contributed by atoms with E-state index < -0.39 is 10.1 Å². The fourth-order valence-corrected chi connectivity index (χ4v) is 3.28. The normalized spacial score (nSPS) is 10.9. The molecule has 0 aliphatic carbocycles. The Labute approximate surface area is 108 Å². The molecular formula is C11H9N2O3S2+. The lowest BCUT2D eigenvalue weighted by Gasteiger charge is -2.03. The molecule has 0 unspecified atom stereocenters. The quantitative estimate of drug-likeness (QED) is 0.639. The first-order chi connectivity index (χ1) is 8.54. The SMILES string of the molecule is Cc1cccc(OS(=O)(=O)c2cccs2)c1[N+]#N. The van der Waals surface area contributed by atoms with E-state index in [0.29, 0.717) is 5.56 Å². The van der Waals surface area contributed by atoms with Crippen molar-refractivity contribution in [3.05, 3.63) is 46.3 Å². The average Bonchev–Trinajstić information content (AvgIpc) is 2.83. The van der Waals surface area contributed by atoms with Crippen LogP contribution in [0.15, 0.2) is 39.9 Å². The zero-order valence-corrected chi connectivity index (χ0v) is 11.0. The summed E-state index contributed by atoms with van der Waals surface area (Å²) < 4.78 is 28.9. The molecule has 7 heteroatoms. The van der Waals surface area contributed by atoms with E-state index in [9.17, 15) is 8.42 Å². The van der Waals surface area contributed by atoms with Gasteiger partial charge in [0.05, 0.1) is 0 Å². The van der Waals surface area contributed by atoms with Crippen LogP contribution in [0, 0.1) is 12.3 Å². The second-order valence-corrected chi connectivity index (χ2v) is 6.21. The molecule has 1 aromatic heterocycles. The van der Waals surface area contributed by atoms with E-state index in [1.807, 2.05) is 0 Å². The average molecular weight is 281 g/mol. The number of hydrogen-bond donors (Lipinski definition) is 0. The number of nitrogens with zero attached hydrogens (tertiary/aromatic N) is 2. The number of hydrogen-bond acceptors (Lipinski definition) is 5. The summed E-state index contributed by atoms with van der Waals surface area (Å²) in [6.45, 7) is 1.69. The largest absolute Gasteiger partial charge is 0.430 e. The van der Waals surface area contributed by atoms with E-state index in [2.05, 4.69) is 4.98 Å². The minimum absolute atomic E-state index is 0.00546. The van der Waals surface area contributed by atoms with E-state index in [1.54, 1.807) is 30.5 Å². The van der Waals surface area contributed by atoms with Gasteiger partial charge in [0.25, 0.3) is 0 Å². The van der Waals surface area contributed by atoms with Crippen LogP contribution in [0.25, 0.3) is 4.98 Å². The van der Waals surface area contributed by atoms with Crippen molar-refractivity contribution >= 4 is 27.1 Å². The van der Waals surface area contributed by atoms with Crippen LogP contribution < -0.4 is 4.18 Å². The molecule has 18 heavy (non-hydrogen) atoms. The van der Waals surface area contributed by atoms with Crippen LogP contribution >= 0.6 is 11.3 Å². The van der Waals surface area contributed by atoms with Crippen LogP contribution in [0.5, 0.6) is 5.75 Å². The topological polar surface area (TPSA) is 71.5 Å². The molecule has 5 nitrogen and oxygen atoms in total. The standard InChI is InChI=1S/C11H9N2O3S2/c1-8-4-2-5-9(11(8)13-12)16-18(14,15)10-6-3-7-17-10/h2-7H,1H3/q+1. The van der Waals surface area contributed by atoms with E-state index >= 15 is 0 Å². The lowest BCUT2D eigenvalue weighted by atomic mass is 10.2. The molecule has 0 aliphatic heterocycles. The van der Waals surface area contributed by atoms with Crippen molar-refractivity contribution in [1.29, 1.82) is 5.39 Å². The van der Waals surface area contributed by atoms with E-state index in [4.69, 9.17) is 9.58 Å². The Morgan fingerprint density at radius 1 is 1.28 bits per heavy atom. The molecule has 1 aromatic carbocycles. The summed E-state index contributed by atoms with van der Waals surface area (Å²) in [6.07, 6.45) is 0. The fraction of sp³-hybridized carbons (Fsp3) is 0.0909. The third-order valence-electron chi connectivity index (χ3n) is 2.24. The zero-order chi connectivity index (χ0) is 13.2. The Kier molecular flexibility index (Phi) is 3.32. The minimum Gasteiger partial charge on any atom is -0.370 e. The molecule has 0 saturated heterocycles. The van der Waals surface area contributed by atoms with Gasteiger partial charge < -0.3 is 4.18 Å². The van der Waals surface area contributed by atoms with E-state index in [0.717, 1.165) is 11.3 Å². The van der Waals surface area contributed by atoms with E-state index in [-0.39, 0.29) is 15.6 Å². The molecular weight excluding hydrogens is 272 g/mol. The first-order valence-electron chi connectivity index (χ1n) is 4.97. The molecule has 0 amide bonds. The van der Waals surface area contributed by atoms with Crippen LogP contribution in [0.2, 0.25) is 0 Å².